The molecule has 0 aliphatic heterocycles. The third-order valence-electron chi connectivity index (χ3n) is 10.4. The maximum atomic E-state index is 12.8. The van der Waals surface area contributed by atoms with Crippen LogP contribution in [-0.4, -0.2) is 37.2 Å². The normalized spacial score (nSPS) is 13.1. The highest BCUT2D eigenvalue weighted by Gasteiger charge is 2.19. The third-order valence-corrected chi connectivity index (χ3v) is 10.4. The minimum atomic E-state index is -0.836. The van der Waals surface area contributed by atoms with Crippen LogP contribution < -0.4 is 0 Å². The second kappa shape index (κ2) is 52.4. The van der Waals surface area contributed by atoms with E-state index in [9.17, 15) is 14.4 Å². The van der Waals surface area contributed by atoms with Crippen LogP contribution in [0.15, 0.2) is 122 Å². The van der Waals surface area contributed by atoms with Gasteiger partial charge in [0.15, 0.2) is 6.10 Å². The largest absolute Gasteiger partial charge is 0.462 e. The summed E-state index contributed by atoms with van der Waals surface area (Å²) in [4.78, 5) is 38.0. The van der Waals surface area contributed by atoms with Crippen molar-refractivity contribution >= 4 is 17.9 Å². The van der Waals surface area contributed by atoms with Crippen LogP contribution in [0.1, 0.15) is 213 Å². The van der Waals surface area contributed by atoms with Gasteiger partial charge in [0.05, 0.1) is 0 Å². The molecule has 0 spiro atoms. The van der Waals surface area contributed by atoms with E-state index in [1.165, 1.54) is 64.2 Å². The van der Waals surface area contributed by atoms with Crippen molar-refractivity contribution in [1.82, 2.24) is 0 Å². The van der Waals surface area contributed by atoms with Crippen molar-refractivity contribution in [2.45, 2.75) is 219 Å². The van der Waals surface area contributed by atoms with E-state index in [1.807, 2.05) is 0 Å². The summed E-state index contributed by atoms with van der Waals surface area (Å²) in [7, 11) is 0. The minimum Gasteiger partial charge on any atom is -0.462 e. The molecule has 0 rings (SSSR count). The van der Waals surface area contributed by atoms with E-state index in [0.29, 0.717) is 19.3 Å². The first-order valence-corrected chi connectivity index (χ1v) is 26.0. The molecular formula is C59H94O6. The molecule has 0 aromatic rings. The molecule has 0 unspecified atom stereocenters. The molecule has 0 bridgehead atoms. The van der Waals surface area contributed by atoms with Gasteiger partial charge < -0.3 is 14.2 Å². The van der Waals surface area contributed by atoms with Gasteiger partial charge in [0.1, 0.15) is 13.2 Å². The summed E-state index contributed by atoms with van der Waals surface area (Å²) in [6, 6.07) is 0. The molecule has 0 fully saturated rings. The van der Waals surface area contributed by atoms with E-state index in [-0.39, 0.29) is 44.0 Å². The first-order valence-electron chi connectivity index (χ1n) is 26.0. The molecule has 0 amide bonds. The molecule has 0 aromatic heterocycles. The molecule has 1 atom stereocenters. The Kier molecular flexibility index (Phi) is 49.1. The van der Waals surface area contributed by atoms with E-state index in [4.69, 9.17) is 14.2 Å². The Morgan fingerprint density at radius 2 is 0.615 bits per heavy atom. The van der Waals surface area contributed by atoms with Crippen LogP contribution in [0, 0.1) is 0 Å². The van der Waals surface area contributed by atoms with Crippen LogP contribution in [0.25, 0.3) is 0 Å². The maximum absolute atomic E-state index is 12.8. The highest BCUT2D eigenvalue weighted by atomic mass is 16.6. The molecule has 65 heavy (non-hydrogen) atoms. The second-order valence-corrected chi connectivity index (χ2v) is 16.7. The standard InChI is InChI=1S/C59H94O6/c1-4-7-10-13-16-19-22-25-27-29-31-34-37-40-43-46-49-52-58(61)64-55-56(54-63-57(60)51-48-45-42-39-36-33-24-21-18-15-12-9-6-3)65-59(62)53-50-47-44-41-38-35-32-30-28-26-23-20-17-14-11-8-5-2/h7,10,16-17,19-21,24-28,31-32,34-35,40-41,43-44,56H,4-6,8-9,11-15,18,22-23,29-30,33,36-39,42,45-55H2,1-3H3/b10-7-,19-16-,20-17-,24-21-,27-25-,28-26-,34-31-,35-32-,43-40-,44-41-/t56-/m0/s1. The van der Waals surface area contributed by atoms with E-state index in [2.05, 4.69) is 142 Å². The first kappa shape index (κ1) is 60.8. The Hall–Kier alpha value is -4.19. The fraction of sp³-hybridized carbons (Fsp3) is 0.610. The van der Waals surface area contributed by atoms with Gasteiger partial charge in [-0.25, -0.2) is 0 Å². The van der Waals surface area contributed by atoms with Gasteiger partial charge in [-0.1, -0.05) is 194 Å². The summed E-state index contributed by atoms with van der Waals surface area (Å²) in [5.74, 6) is -1.06. The Bertz CT molecular complexity index is 1400. The topological polar surface area (TPSA) is 78.9 Å². The lowest BCUT2D eigenvalue weighted by Crippen LogP contribution is -2.30. The third kappa shape index (κ3) is 50.7. The molecule has 6 heteroatoms. The predicted octanol–water partition coefficient (Wildman–Crippen LogP) is 17.3. The van der Waals surface area contributed by atoms with E-state index in [0.717, 1.165) is 96.3 Å². The van der Waals surface area contributed by atoms with Crippen molar-refractivity contribution in [1.29, 1.82) is 0 Å². The average Bonchev–Trinajstić information content (AvgIpc) is 3.30. The average molecular weight is 899 g/mol. The van der Waals surface area contributed by atoms with Crippen molar-refractivity contribution < 1.29 is 28.6 Å². The fourth-order valence-electron chi connectivity index (χ4n) is 6.52. The van der Waals surface area contributed by atoms with Gasteiger partial charge in [-0.3, -0.25) is 14.4 Å². The predicted molar refractivity (Wildman–Crippen MR) is 279 cm³/mol. The van der Waals surface area contributed by atoms with E-state index in [1.54, 1.807) is 0 Å². The van der Waals surface area contributed by atoms with Crippen LogP contribution in [0.4, 0.5) is 0 Å². The Labute approximate surface area is 399 Å². The molecule has 366 valence electrons. The second-order valence-electron chi connectivity index (χ2n) is 16.7. The van der Waals surface area contributed by atoms with E-state index >= 15 is 0 Å². The van der Waals surface area contributed by atoms with Crippen molar-refractivity contribution in [2.75, 3.05) is 13.2 Å². The number of hydrogen-bond acceptors (Lipinski definition) is 6. The molecule has 0 aromatic carbocycles. The number of hydrogen-bond donors (Lipinski definition) is 0. The minimum absolute atomic E-state index is 0.125. The molecule has 6 nitrogen and oxygen atoms in total. The maximum Gasteiger partial charge on any atom is 0.306 e. The van der Waals surface area contributed by atoms with Gasteiger partial charge in [0.2, 0.25) is 0 Å². The number of rotatable bonds is 45. The summed E-state index contributed by atoms with van der Waals surface area (Å²) < 4.78 is 16.7. The molecule has 0 aliphatic carbocycles. The number of unbranched alkanes of at least 4 members (excludes halogenated alkanes) is 14. The van der Waals surface area contributed by atoms with Gasteiger partial charge in [-0.15, -0.1) is 0 Å². The first-order chi connectivity index (χ1) is 32.0. The lowest BCUT2D eigenvalue weighted by molar-refractivity contribution is -0.167. The quantitative estimate of drug-likeness (QED) is 0.0262. The summed E-state index contributed by atoms with van der Waals surface area (Å²) in [5, 5.41) is 0. The number of allylic oxidation sites excluding steroid dienone is 20. The monoisotopic (exact) mass is 899 g/mol. The zero-order valence-corrected chi connectivity index (χ0v) is 41.7. The van der Waals surface area contributed by atoms with Crippen LogP contribution in [0.2, 0.25) is 0 Å². The van der Waals surface area contributed by atoms with Crippen molar-refractivity contribution in [2.24, 2.45) is 0 Å². The van der Waals surface area contributed by atoms with Crippen molar-refractivity contribution in [3.8, 4) is 0 Å². The van der Waals surface area contributed by atoms with Gasteiger partial charge in [-0.2, -0.15) is 0 Å². The van der Waals surface area contributed by atoms with Crippen LogP contribution in [-0.2, 0) is 28.6 Å². The smallest absolute Gasteiger partial charge is 0.306 e. The molecule has 0 saturated heterocycles. The molecule has 0 saturated carbocycles. The Morgan fingerprint density at radius 3 is 1.05 bits per heavy atom. The highest BCUT2D eigenvalue weighted by Crippen LogP contribution is 2.11. The number of esters is 3. The molecule has 0 heterocycles. The molecule has 0 aliphatic rings. The van der Waals surface area contributed by atoms with Crippen molar-refractivity contribution in [3.63, 3.8) is 0 Å². The fourth-order valence-corrected chi connectivity index (χ4v) is 6.52. The van der Waals surface area contributed by atoms with Crippen LogP contribution >= 0.6 is 0 Å². The Morgan fingerprint density at radius 1 is 0.323 bits per heavy atom. The molecule has 0 radical (unpaired) electrons. The highest BCUT2D eigenvalue weighted by molar-refractivity contribution is 5.71. The van der Waals surface area contributed by atoms with Crippen molar-refractivity contribution in [3.05, 3.63) is 122 Å². The number of ether oxygens (including phenoxy) is 3. The summed E-state index contributed by atoms with van der Waals surface area (Å²) in [6.07, 6.45) is 71.9. The number of carbonyl (C=O) groups is 3. The zero-order valence-electron chi connectivity index (χ0n) is 41.7. The molecule has 0 N–H and O–H groups in total. The summed E-state index contributed by atoms with van der Waals surface area (Å²) in [6.45, 7) is 6.36. The Balaban J connectivity index is 4.60. The zero-order chi connectivity index (χ0) is 47.2. The SMILES string of the molecule is CC/C=C\C/C=C\C/C=C\C/C=C\C/C=C\CCCC(=O)OC[C@H](COC(=O)CCCCCCC/C=C\CCCCCC)OC(=O)CCC/C=C\C/C=C\C/C=C\C/C=C\CCCCC. The van der Waals surface area contributed by atoms with Crippen LogP contribution in [0.5, 0.6) is 0 Å². The van der Waals surface area contributed by atoms with Gasteiger partial charge >= 0.3 is 17.9 Å². The lowest BCUT2D eigenvalue weighted by atomic mass is 10.1. The van der Waals surface area contributed by atoms with E-state index < -0.39 is 6.10 Å². The van der Waals surface area contributed by atoms with Crippen LogP contribution in [0.3, 0.4) is 0 Å². The summed E-state index contributed by atoms with van der Waals surface area (Å²) in [5.41, 5.74) is 0. The molecular weight excluding hydrogens is 805 g/mol. The van der Waals surface area contributed by atoms with Gasteiger partial charge in [0.25, 0.3) is 0 Å². The summed E-state index contributed by atoms with van der Waals surface area (Å²) >= 11 is 0. The number of carbonyl (C=O) groups excluding carboxylic acids is 3. The van der Waals surface area contributed by atoms with Gasteiger partial charge in [-0.05, 0) is 122 Å². The lowest BCUT2D eigenvalue weighted by Gasteiger charge is -2.18. The van der Waals surface area contributed by atoms with Gasteiger partial charge in [0, 0.05) is 19.3 Å².